The molecule has 0 amide bonds. The van der Waals surface area contributed by atoms with Crippen molar-refractivity contribution in [1.29, 1.82) is 0 Å². The zero-order chi connectivity index (χ0) is 42.7. The largest absolute Gasteiger partial charge is 0.208 e. The highest BCUT2D eigenvalue weighted by molar-refractivity contribution is 6.05. The molecule has 0 fully saturated rings. The van der Waals surface area contributed by atoms with E-state index in [2.05, 4.69) is 109 Å². The maximum absolute atomic E-state index is 5.13. The number of fused-ring (bicyclic) bond motifs is 1. The summed E-state index contributed by atoms with van der Waals surface area (Å²) < 4.78 is 0. The lowest BCUT2D eigenvalue weighted by atomic mass is 9.87. The SMILES string of the molecule is c1ccc(-c2nc(-c3ccccc3)nc(-c3ccccc3-c3ccc(-c4ccc(-c5nc(-c6ccccc6)nc(-c6ccccc6)n5)c5ccccc45)cc3-c3ccccc3)n2)cc1. The van der Waals surface area contributed by atoms with E-state index in [1.807, 2.05) is 121 Å². The first-order valence-corrected chi connectivity index (χ1v) is 21.3. The van der Waals surface area contributed by atoms with Crippen molar-refractivity contribution < 1.29 is 0 Å². The second-order valence-electron chi connectivity index (χ2n) is 15.5. The molecule has 0 N–H and O–H groups in total. The molecule has 0 saturated carbocycles. The zero-order valence-corrected chi connectivity index (χ0v) is 34.6. The predicted octanol–water partition coefficient (Wildman–Crippen LogP) is 14.2. The van der Waals surface area contributed by atoms with E-state index in [1.165, 1.54) is 0 Å². The molecule has 0 aliphatic rings. The van der Waals surface area contributed by atoms with Crippen LogP contribution in [0.5, 0.6) is 0 Å². The normalized spacial score (nSPS) is 11.1. The van der Waals surface area contributed by atoms with E-state index in [-0.39, 0.29) is 0 Å². The molecule has 0 aliphatic carbocycles. The quantitative estimate of drug-likeness (QED) is 0.144. The van der Waals surface area contributed by atoms with E-state index in [0.717, 1.165) is 77.5 Å². The number of hydrogen-bond donors (Lipinski definition) is 0. The van der Waals surface area contributed by atoms with Crippen LogP contribution in [-0.4, -0.2) is 29.9 Å². The van der Waals surface area contributed by atoms with Crippen molar-refractivity contribution in [3.63, 3.8) is 0 Å². The minimum absolute atomic E-state index is 0.608. The van der Waals surface area contributed by atoms with Crippen LogP contribution in [0.1, 0.15) is 0 Å². The van der Waals surface area contributed by atoms with Gasteiger partial charge in [-0.25, -0.2) is 29.9 Å². The van der Waals surface area contributed by atoms with Gasteiger partial charge in [0.2, 0.25) is 0 Å². The summed E-state index contributed by atoms with van der Waals surface area (Å²) in [5.41, 5.74) is 12.1. The monoisotopic (exact) mass is 818 g/mol. The Labute approximate surface area is 371 Å². The van der Waals surface area contributed by atoms with Crippen molar-refractivity contribution in [2.24, 2.45) is 0 Å². The molecule has 9 aromatic carbocycles. The molecule has 0 unspecified atom stereocenters. The van der Waals surface area contributed by atoms with Crippen LogP contribution in [0, 0.1) is 0 Å². The molecule has 0 aliphatic heterocycles. The fourth-order valence-electron chi connectivity index (χ4n) is 8.32. The van der Waals surface area contributed by atoms with E-state index < -0.39 is 0 Å². The van der Waals surface area contributed by atoms with Gasteiger partial charge in [-0.3, -0.25) is 0 Å². The molecule has 6 heteroatoms. The molecule has 0 saturated heterocycles. The molecule has 2 heterocycles. The zero-order valence-electron chi connectivity index (χ0n) is 34.6. The number of rotatable bonds is 9. The maximum atomic E-state index is 5.13. The maximum Gasteiger partial charge on any atom is 0.164 e. The topological polar surface area (TPSA) is 77.3 Å². The number of hydrogen-bond acceptors (Lipinski definition) is 6. The molecule has 6 nitrogen and oxygen atoms in total. The fourth-order valence-corrected chi connectivity index (χ4v) is 8.32. The highest BCUT2D eigenvalue weighted by atomic mass is 15.0. The van der Waals surface area contributed by atoms with Gasteiger partial charge in [-0.1, -0.05) is 218 Å². The van der Waals surface area contributed by atoms with Gasteiger partial charge in [0.15, 0.2) is 34.9 Å². The number of benzene rings is 9. The Morgan fingerprint density at radius 2 is 0.484 bits per heavy atom. The fraction of sp³-hybridized carbons (Fsp3) is 0. The average Bonchev–Trinajstić information content (AvgIpc) is 3.39. The molecule has 0 radical (unpaired) electrons. The first kappa shape index (κ1) is 38.2. The van der Waals surface area contributed by atoms with Crippen LogP contribution in [0.4, 0.5) is 0 Å². The summed E-state index contributed by atoms with van der Waals surface area (Å²) in [6.07, 6.45) is 0. The number of aromatic nitrogens is 6. The predicted molar refractivity (Wildman–Crippen MR) is 260 cm³/mol. The second kappa shape index (κ2) is 17.0. The molecule has 11 rings (SSSR count). The lowest BCUT2D eigenvalue weighted by Crippen LogP contribution is -2.01. The molecule has 2 aromatic heterocycles. The Bertz CT molecular complexity index is 3300. The Balaban J connectivity index is 1.06. The van der Waals surface area contributed by atoms with Crippen molar-refractivity contribution in [2.45, 2.75) is 0 Å². The third kappa shape index (κ3) is 7.50. The van der Waals surface area contributed by atoms with Gasteiger partial charge in [0.25, 0.3) is 0 Å². The molecule has 64 heavy (non-hydrogen) atoms. The Morgan fingerprint density at radius 1 is 0.172 bits per heavy atom. The van der Waals surface area contributed by atoms with Gasteiger partial charge >= 0.3 is 0 Å². The van der Waals surface area contributed by atoms with Crippen LogP contribution >= 0.6 is 0 Å². The number of nitrogens with zero attached hydrogens (tertiary/aromatic N) is 6. The summed E-state index contributed by atoms with van der Waals surface area (Å²) in [7, 11) is 0. The van der Waals surface area contributed by atoms with E-state index in [0.29, 0.717) is 34.9 Å². The Kier molecular flexibility index (Phi) is 10.1. The third-order valence-corrected chi connectivity index (χ3v) is 11.4. The first-order chi connectivity index (χ1) is 31.7. The van der Waals surface area contributed by atoms with Crippen LogP contribution in [-0.2, 0) is 0 Å². The Morgan fingerprint density at radius 3 is 0.953 bits per heavy atom. The van der Waals surface area contributed by atoms with Crippen molar-refractivity contribution in [2.75, 3.05) is 0 Å². The summed E-state index contributed by atoms with van der Waals surface area (Å²) in [6, 6.07) is 79.0. The second-order valence-corrected chi connectivity index (χ2v) is 15.5. The van der Waals surface area contributed by atoms with Crippen LogP contribution in [0.3, 0.4) is 0 Å². The van der Waals surface area contributed by atoms with Gasteiger partial charge < -0.3 is 0 Å². The van der Waals surface area contributed by atoms with Crippen LogP contribution in [0.25, 0.3) is 112 Å². The van der Waals surface area contributed by atoms with E-state index in [1.54, 1.807) is 0 Å². The van der Waals surface area contributed by atoms with Crippen molar-refractivity contribution >= 4 is 10.8 Å². The summed E-state index contributed by atoms with van der Waals surface area (Å²) in [6.45, 7) is 0. The van der Waals surface area contributed by atoms with Gasteiger partial charge in [-0.05, 0) is 56.3 Å². The highest BCUT2D eigenvalue weighted by Crippen LogP contribution is 2.42. The average molecular weight is 819 g/mol. The summed E-state index contributed by atoms with van der Waals surface area (Å²) >= 11 is 0. The summed E-state index contributed by atoms with van der Waals surface area (Å²) in [5, 5.41) is 2.15. The molecular formula is C58H38N6. The molecule has 0 spiro atoms. The van der Waals surface area contributed by atoms with Crippen molar-refractivity contribution in [3.05, 3.63) is 231 Å². The third-order valence-electron chi connectivity index (χ3n) is 11.4. The van der Waals surface area contributed by atoms with Gasteiger partial charge in [0.1, 0.15) is 0 Å². The van der Waals surface area contributed by atoms with Crippen molar-refractivity contribution in [1.82, 2.24) is 29.9 Å². The van der Waals surface area contributed by atoms with Crippen LogP contribution in [0.2, 0.25) is 0 Å². The Hall–Kier alpha value is -8.74. The highest BCUT2D eigenvalue weighted by Gasteiger charge is 2.20. The van der Waals surface area contributed by atoms with Crippen LogP contribution in [0.15, 0.2) is 231 Å². The minimum Gasteiger partial charge on any atom is -0.208 e. The van der Waals surface area contributed by atoms with Crippen LogP contribution < -0.4 is 0 Å². The van der Waals surface area contributed by atoms with Gasteiger partial charge in [0, 0.05) is 33.4 Å². The summed E-state index contributed by atoms with van der Waals surface area (Å²) in [5.74, 6) is 3.74. The standard InChI is InChI=1S/C58H38N6/c1-6-20-39(21-7-1)52-38-44(34-35-49(52)48-32-18-19-33-50(48)57-61-53(40-22-8-2-9-23-40)59-54(62-57)41-24-10-3-11-25-41)45-36-37-51(47-31-17-16-30-46(45)47)58-63-55(42-26-12-4-13-27-42)60-56(64-58)43-28-14-5-15-29-43/h1-38H. The lowest BCUT2D eigenvalue weighted by Gasteiger charge is -2.18. The molecular weight excluding hydrogens is 781 g/mol. The smallest absolute Gasteiger partial charge is 0.164 e. The van der Waals surface area contributed by atoms with Crippen molar-refractivity contribution in [3.8, 4) is 102 Å². The van der Waals surface area contributed by atoms with Gasteiger partial charge in [-0.15, -0.1) is 0 Å². The van der Waals surface area contributed by atoms with E-state index in [9.17, 15) is 0 Å². The molecule has 300 valence electrons. The summed E-state index contributed by atoms with van der Waals surface area (Å²) in [4.78, 5) is 30.4. The molecule has 0 atom stereocenters. The lowest BCUT2D eigenvalue weighted by molar-refractivity contribution is 1.07. The molecule has 0 bridgehead atoms. The van der Waals surface area contributed by atoms with E-state index >= 15 is 0 Å². The van der Waals surface area contributed by atoms with Gasteiger partial charge in [-0.2, -0.15) is 0 Å². The molecule has 11 aromatic rings. The minimum atomic E-state index is 0.608. The first-order valence-electron chi connectivity index (χ1n) is 21.3. The van der Waals surface area contributed by atoms with E-state index in [4.69, 9.17) is 29.9 Å². The van der Waals surface area contributed by atoms with Gasteiger partial charge in [0.05, 0.1) is 0 Å².